The maximum Gasteiger partial charge on any atom is 0.119 e. The lowest BCUT2D eigenvalue weighted by Gasteiger charge is -2.08. The molecule has 19 heavy (non-hydrogen) atoms. The maximum atomic E-state index is 5.53. The predicted molar refractivity (Wildman–Crippen MR) is 82.8 cm³/mol. The minimum Gasteiger partial charge on any atom is -0.491 e. The highest BCUT2D eigenvalue weighted by molar-refractivity contribution is 14.1. The third-order valence-corrected chi connectivity index (χ3v) is 2.98. The molecule has 0 spiro atoms. The molecule has 0 fully saturated rings. The van der Waals surface area contributed by atoms with Crippen LogP contribution >= 0.6 is 22.6 Å². The summed E-state index contributed by atoms with van der Waals surface area (Å²) >= 11 is 2.27. The summed E-state index contributed by atoms with van der Waals surface area (Å²) in [5, 5.41) is 0. The maximum absolute atomic E-state index is 5.53. The second kappa shape index (κ2) is 11.5. The van der Waals surface area contributed by atoms with Gasteiger partial charge in [0.2, 0.25) is 0 Å². The van der Waals surface area contributed by atoms with Crippen LogP contribution in [-0.2, 0) is 14.2 Å². The van der Waals surface area contributed by atoms with E-state index in [9.17, 15) is 0 Å². The van der Waals surface area contributed by atoms with E-state index < -0.39 is 0 Å². The molecule has 0 radical (unpaired) electrons. The van der Waals surface area contributed by atoms with Gasteiger partial charge in [0.05, 0.1) is 33.0 Å². The third-order valence-electron chi connectivity index (χ3n) is 2.26. The van der Waals surface area contributed by atoms with E-state index in [1.165, 1.54) is 3.57 Å². The van der Waals surface area contributed by atoms with Crippen molar-refractivity contribution in [1.29, 1.82) is 0 Å². The van der Waals surface area contributed by atoms with Gasteiger partial charge < -0.3 is 18.9 Å². The Kier molecular flexibility index (Phi) is 10.1. The van der Waals surface area contributed by atoms with Crippen molar-refractivity contribution in [2.45, 2.75) is 6.92 Å². The van der Waals surface area contributed by atoms with E-state index in [2.05, 4.69) is 22.6 Å². The first-order chi connectivity index (χ1) is 9.33. The Morgan fingerprint density at radius 3 is 1.89 bits per heavy atom. The lowest BCUT2D eigenvalue weighted by Crippen LogP contribution is -2.12. The van der Waals surface area contributed by atoms with Crippen molar-refractivity contribution in [2.24, 2.45) is 0 Å². The quantitative estimate of drug-likeness (QED) is 0.437. The van der Waals surface area contributed by atoms with Crippen molar-refractivity contribution >= 4 is 22.6 Å². The van der Waals surface area contributed by atoms with E-state index in [1.54, 1.807) is 0 Å². The van der Waals surface area contributed by atoms with Crippen molar-refractivity contribution in [2.75, 3.05) is 46.2 Å². The van der Waals surface area contributed by atoms with Crippen molar-refractivity contribution in [1.82, 2.24) is 0 Å². The number of halogens is 1. The number of hydrogen-bond donors (Lipinski definition) is 0. The van der Waals surface area contributed by atoms with Gasteiger partial charge in [0.1, 0.15) is 12.4 Å². The van der Waals surface area contributed by atoms with Gasteiger partial charge in [-0.05, 0) is 53.8 Å². The lowest BCUT2D eigenvalue weighted by atomic mass is 10.3. The summed E-state index contributed by atoms with van der Waals surface area (Å²) in [6.45, 7) is 6.27. The zero-order chi connectivity index (χ0) is 13.8. The van der Waals surface area contributed by atoms with Crippen molar-refractivity contribution < 1.29 is 18.9 Å². The molecular weight excluding hydrogens is 359 g/mol. The Balaban J connectivity index is 1.87. The molecule has 0 aliphatic carbocycles. The molecule has 0 unspecified atom stereocenters. The molecule has 0 N–H and O–H groups in total. The van der Waals surface area contributed by atoms with Gasteiger partial charge in [0, 0.05) is 10.2 Å². The van der Waals surface area contributed by atoms with Gasteiger partial charge in [-0.15, -0.1) is 0 Å². The summed E-state index contributed by atoms with van der Waals surface area (Å²) < 4.78 is 22.6. The molecule has 0 aliphatic rings. The Hall–Kier alpha value is -0.370. The van der Waals surface area contributed by atoms with Gasteiger partial charge in [0.25, 0.3) is 0 Å². The van der Waals surface area contributed by atoms with E-state index >= 15 is 0 Å². The van der Waals surface area contributed by atoms with Crippen LogP contribution < -0.4 is 4.74 Å². The molecule has 108 valence electrons. The molecule has 0 aromatic heterocycles. The summed E-state index contributed by atoms with van der Waals surface area (Å²) in [5.74, 6) is 0.872. The van der Waals surface area contributed by atoms with Gasteiger partial charge in [-0.25, -0.2) is 0 Å². The number of rotatable bonds is 11. The number of ether oxygens (including phenoxy) is 4. The predicted octanol–water partition coefficient (Wildman–Crippen LogP) is 2.74. The zero-order valence-electron chi connectivity index (χ0n) is 11.3. The topological polar surface area (TPSA) is 36.9 Å². The van der Waals surface area contributed by atoms with Gasteiger partial charge in [0.15, 0.2) is 0 Å². The van der Waals surface area contributed by atoms with Crippen LogP contribution in [0.1, 0.15) is 6.92 Å². The molecule has 0 saturated heterocycles. The highest BCUT2D eigenvalue weighted by Gasteiger charge is 1.94. The number of benzene rings is 1. The van der Waals surface area contributed by atoms with Crippen molar-refractivity contribution in [3.05, 3.63) is 27.8 Å². The fourth-order valence-electron chi connectivity index (χ4n) is 1.33. The molecular formula is C14H21IO4. The average Bonchev–Trinajstić information content (AvgIpc) is 2.43. The molecule has 0 bridgehead atoms. The van der Waals surface area contributed by atoms with Crippen LogP contribution in [-0.4, -0.2) is 46.2 Å². The van der Waals surface area contributed by atoms with E-state index in [0.717, 1.165) is 12.4 Å². The molecule has 0 atom stereocenters. The lowest BCUT2D eigenvalue weighted by molar-refractivity contribution is 0.0114. The fourth-order valence-corrected chi connectivity index (χ4v) is 1.69. The summed E-state index contributed by atoms with van der Waals surface area (Å²) in [5.41, 5.74) is 0. The van der Waals surface area contributed by atoms with Crippen LogP contribution in [0.25, 0.3) is 0 Å². The molecule has 1 aromatic rings. The van der Waals surface area contributed by atoms with Crippen LogP contribution in [0.5, 0.6) is 5.75 Å². The first-order valence-corrected chi connectivity index (χ1v) is 7.52. The molecule has 0 aliphatic heterocycles. The third kappa shape index (κ3) is 9.21. The first kappa shape index (κ1) is 16.7. The van der Waals surface area contributed by atoms with E-state index in [0.29, 0.717) is 39.6 Å². The Bertz CT molecular complexity index is 316. The smallest absolute Gasteiger partial charge is 0.119 e. The summed E-state index contributed by atoms with van der Waals surface area (Å²) in [6, 6.07) is 7.95. The standard InChI is InChI=1S/C14H21IO4/c1-2-16-7-8-17-9-10-18-11-12-19-14-5-3-13(15)4-6-14/h3-6H,2,7-12H2,1H3. The zero-order valence-corrected chi connectivity index (χ0v) is 13.4. The normalized spacial score (nSPS) is 10.6. The van der Waals surface area contributed by atoms with Crippen molar-refractivity contribution in [3.8, 4) is 5.75 Å². The summed E-state index contributed by atoms with van der Waals surface area (Å²) in [6.07, 6.45) is 0. The van der Waals surface area contributed by atoms with Crippen molar-refractivity contribution in [3.63, 3.8) is 0 Å². The van der Waals surface area contributed by atoms with Gasteiger partial charge in [-0.1, -0.05) is 0 Å². The van der Waals surface area contributed by atoms with E-state index in [4.69, 9.17) is 18.9 Å². The Morgan fingerprint density at radius 2 is 1.32 bits per heavy atom. The van der Waals surface area contributed by atoms with Crippen LogP contribution in [0.2, 0.25) is 0 Å². The monoisotopic (exact) mass is 380 g/mol. The van der Waals surface area contributed by atoms with Crippen LogP contribution in [0.15, 0.2) is 24.3 Å². The second-order valence-corrected chi connectivity index (χ2v) is 4.97. The van der Waals surface area contributed by atoms with Crippen LogP contribution in [0.4, 0.5) is 0 Å². The molecule has 0 amide bonds. The molecule has 0 saturated carbocycles. The minimum atomic E-state index is 0.555. The fraction of sp³-hybridized carbons (Fsp3) is 0.571. The van der Waals surface area contributed by atoms with Crippen LogP contribution in [0.3, 0.4) is 0 Å². The highest BCUT2D eigenvalue weighted by atomic mass is 127. The first-order valence-electron chi connectivity index (χ1n) is 6.44. The second-order valence-electron chi connectivity index (χ2n) is 3.72. The van der Waals surface area contributed by atoms with Gasteiger partial charge in [-0.3, -0.25) is 0 Å². The summed E-state index contributed by atoms with van der Waals surface area (Å²) in [7, 11) is 0. The average molecular weight is 380 g/mol. The van der Waals surface area contributed by atoms with E-state index in [1.807, 2.05) is 31.2 Å². The SMILES string of the molecule is CCOCCOCCOCCOc1ccc(I)cc1. The molecule has 5 heteroatoms. The largest absolute Gasteiger partial charge is 0.491 e. The molecule has 4 nitrogen and oxygen atoms in total. The molecule has 0 heterocycles. The highest BCUT2D eigenvalue weighted by Crippen LogP contribution is 2.13. The summed E-state index contributed by atoms with van der Waals surface area (Å²) in [4.78, 5) is 0. The van der Waals surface area contributed by atoms with E-state index in [-0.39, 0.29) is 0 Å². The minimum absolute atomic E-state index is 0.555. The molecule has 1 aromatic carbocycles. The Labute approximate surface area is 128 Å². The number of hydrogen-bond acceptors (Lipinski definition) is 4. The van der Waals surface area contributed by atoms with Gasteiger partial charge in [-0.2, -0.15) is 0 Å². The van der Waals surface area contributed by atoms with Crippen LogP contribution in [0, 0.1) is 3.57 Å². The van der Waals surface area contributed by atoms with Gasteiger partial charge >= 0.3 is 0 Å². The Morgan fingerprint density at radius 1 is 0.789 bits per heavy atom. The molecule has 1 rings (SSSR count).